The van der Waals surface area contributed by atoms with E-state index in [9.17, 15) is 9.90 Å². The van der Waals surface area contributed by atoms with Gasteiger partial charge in [-0.3, -0.25) is 9.69 Å². The maximum absolute atomic E-state index is 11.3. The number of carboxylic acid groups (broad SMARTS) is 1. The molecule has 1 heterocycles. The molecule has 0 radical (unpaired) electrons. The number of halogens is 1. The van der Waals surface area contributed by atoms with E-state index in [0.717, 1.165) is 24.9 Å². The van der Waals surface area contributed by atoms with Gasteiger partial charge in [0.25, 0.3) is 0 Å². The number of hydrogen-bond acceptors (Lipinski definition) is 4. The minimum atomic E-state index is -0.762. The molecular weight excluding hydrogens is 318 g/mol. The Labute approximate surface area is 142 Å². The summed E-state index contributed by atoms with van der Waals surface area (Å²) in [7, 11) is 0. The van der Waals surface area contributed by atoms with Crippen LogP contribution in [0, 0.1) is 0 Å². The number of benzene rings is 1. The molecule has 1 aromatic rings. The first-order chi connectivity index (χ1) is 11.1. The van der Waals surface area contributed by atoms with E-state index in [2.05, 4.69) is 0 Å². The van der Waals surface area contributed by atoms with Crippen molar-refractivity contribution < 1.29 is 19.4 Å². The number of rotatable bonds is 8. The van der Waals surface area contributed by atoms with Crippen molar-refractivity contribution in [1.29, 1.82) is 0 Å². The Balaban J connectivity index is 2.20. The fourth-order valence-corrected chi connectivity index (χ4v) is 3.14. The van der Waals surface area contributed by atoms with Crippen LogP contribution in [-0.2, 0) is 11.3 Å². The molecule has 6 heteroatoms. The molecule has 0 unspecified atom stereocenters. The number of carboxylic acids is 1. The maximum atomic E-state index is 11.3. The molecule has 1 atom stereocenters. The quantitative estimate of drug-likeness (QED) is 0.783. The summed E-state index contributed by atoms with van der Waals surface area (Å²) in [5.41, 5.74) is 0.940. The monoisotopic (exact) mass is 341 g/mol. The van der Waals surface area contributed by atoms with Gasteiger partial charge >= 0.3 is 5.97 Å². The second-order valence-electron chi connectivity index (χ2n) is 5.65. The Hall–Kier alpha value is -1.46. The average molecular weight is 342 g/mol. The van der Waals surface area contributed by atoms with Gasteiger partial charge in [-0.25, -0.2) is 0 Å². The van der Waals surface area contributed by atoms with E-state index in [1.54, 1.807) is 0 Å². The number of aliphatic carboxylic acids is 1. The summed E-state index contributed by atoms with van der Waals surface area (Å²) in [5.74, 6) is 0.423. The smallest absolute Gasteiger partial charge is 0.320 e. The summed E-state index contributed by atoms with van der Waals surface area (Å²) in [4.78, 5) is 13.3. The van der Waals surface area contributed by atoms with E-state index in [-0.39, 0.29) is 0 Å². The van der Waals surface area contributed by atoms with Crippen molar-refractivity contribution >= 4 is 17.6 Å². The first kappa shape index (κ1) is 17.9. The normalized spacial score (nSPS) is 18.1. The Bertz CT molecular complexity index is 550. The summed E-state index contributed by atoms with van der Waals surface area (Å²) in [6.45, 7) is 6.36. The zero-order chi connectivity index (χ0) is 16.8. The molecule has 0 aromatic heterocycles. The molecule has 1 aliphatic heterocycles. The third-order valence-electron chi connectivity index (χ3n) is 3.85. The minimum Gasteiger partial charge on any atom is -0.490 e. The second kappa shape index (κ2) is 8.41. The van der Waals surface area contributed by atoms with Crippen molar-refractivity contribution in [2.75, 3.05) is 19.8 Å². The molecule has 0 saturated carbocycles. The molecule has 23 heavy (non-hydrogen) atoms. The highest BCUT2D eigenvalue weighted by atomic mass is 35.5. The van der Waals surface area contributed by atoms with Crippen molar-refractivity contribution in [2.45, 2.75) is 45.7 Å². The van der Waals surface area contributed by atoms with Crippen LogP contribution in [-0.4, -0.2) is 41.8 Å². The Morgan fingerprint density at radius 3 is 2.83 bits per heavy atom. The van der Waals surface area contributed by atoms with Gasteiger partial charge in [0.05, 0.1) is 18.2 Å². The van der Waals surface area contributed by atoms with Crippen LogP contribution >= 0.6 is 11.6 Å². The first-order valence-electron chi connectivity index (χ1n) is 8.11. The predicted molar refractivity (Wildman–Crippen MR) is 89.5 cm³/mol. The zero-order valence-electron chi connectivity index (χ0n) is 13.7. The largest absolute Gasteiger partial charge is 0.490 e. The van der Waals surface area contributed by atoms with Gasteiger partial charge in [-0.2, -0.15) is 0 Å². The van der Waals surface area contributed by atoms with Crippen LogP contribution in [0.15, 0.2) is 12.1 Å². The van der Waals surface area contributed by atoms with Crippen LogP contribution in [0.1, 0.15) is 38.7 Å². The lowest BCUT2D eigenvalue weighted by Crippen LogP contribution is -2.35. The highest BCUT2D eigenvalue weighted by Gasteiger charge is 2.30. The highest BCUT2D eigenvalue weighted by Crippen LogP contribution is 2.37. The van der Waals surface area contributed by atoms with Gasteiger partial charge in [-0.1, -0.05) is 18.5 Å². The first-order valence-corrected chi connectivity index (χ1v) is 8.49. The topological polar surface area (TPSA) is 59.0 Å². The summed E-state index contributed by atoms with van der Waals surface area (Å²) >= 11 is 6.35. The molecule has 1 aliphatic rings. The molecule has 1 saturated heterocycles. The van der Waals surface area contributed by atoms with Gasteiger partial charge in [0.15, 0.2) is 11.5 Å². The van der Waals surface area contributed by atoms with Crippen molar-refractivity contribution in [3.63, 3.8) is 0 Å². The van der Waals surface area contributed by atoms with E-state index in [4.69, 9.17) is 21.1 Å². The van der Waals surface area contributed by atoms with Gasteiger partial charge < -0.3 is 14.6 Å². The molecule has 0 aliphatic carbocycles. The average Bonchev–Trinajstić information content (AvgIpc) is 2.95. The van der Waals surface area contributed by atoms with E-state index >= 15 is 0 Å². The maximum Gasteiger partial charge on any atom is 0.320 e. The van der Waals surface area contributed by atoms with Gasteiger partial charge in [0.1, 0.15) is 6.04 Å². The van der Waals surface area contributed by atoms with Gasteiger partial charge in [0, 0.05) is 6.54 Å². The van der Waals surface area contributed by atoms with Crippen LogP contribution in [0.4, 0.5) is 0 Å². The van der Waals surface area contributed by atoms with Crippen molar-refractivity contribution in [3.05, 3.63) is 22.7 Å². The number of likely N-dealkylation sites (tertiary alicyclic amines) is 1. The standard InChI is InChI=1S/C17H24ClNO4/c1-3-8-23-16-13(18)9-12(10-15(16)22-4-2)11-19-7-5-6-14(19)17(20)21/h9-10,14H,3-8,11H2,1-2H3,(H,20,21)/t14-/m1/s1. The van der Waals surface area contributed by atoms with Crippen LogP contribution in [0.3, 0.4) is 0 Å². The molecular formula is C17H24ClNO4. The number of carbonyl (C=O) groups is 1. The van der Waals surface area contributed by atoms with Crippen molar-refractivity contribution in [2.24, 2.45) is 0 Å². The summed E-state index contributed by atoms with van der Waals surface area (Å²) < 4.78 is 11.3. The molecule has 5 nitrogen and oxygen atoms in total. The fourth-order valence-electron chi connectivity index (χ4n) is 2.85. The summed E-state index contributed by atoms with van der Waals surface area (Å²) in [6, 6.07) is 3.32. The molecule has 0 spiro atoms. The van der Waals surface area contributed by atoms with E-state index in [1.165, 1.54) is 0 Å². The lowest BCUT2D eigenvalue weighted by atomic mass is 10.1. The van der Waals surface area contributed by atoms with Crippen LogP contribution < -0.4 is 9.47 Å². The lowest BCUT2D eigenvalue weighted by Gasteiger charge is -2.22. The Morgan fingerprint density at radius 2 is 2.17 bits per heavy atom. The van der Waals surface area contributed by atoms with Gasteiger partial charge in [0.2, 0.25) is 0 Å². The molecule has 2 rings (SSSR count). The van der Waals surface area contributed by atoms with Crippen LogP contribution in [0.25, 0.3) is 0 Å². The Kier molecular flexibility index (Phi) is 6.54. The third-order valence-corrected chi connectivity index (χ3v) is 4.13. The molecule has 1 fully saturated rings. The van der Waals surface area contributed by atoms with E-state index in [0.29, 0.717) is 42.7 Å². The highest BCUT2D eigenvalue weighted by molar-refractivity contribution is 6.32. The molecule has 0 amide bonds. The molecule has 128 valence electrons. The fraction of sp³-hybridized carbons (Fsp3) is 0.588. The minimum absolute atomic E-state index is 0.416. The summed E-state index contributed by atoms with van der Waals surface area (Å²) in [5, 5.41) is 9.79. The predicted octanol–water partition coefficient (Wildman–Crippen LogP) is 3.58. The SMILES string of the molecule is CCCOc1c(Cl)cc(CN2CCC[C@@H]2C(=O)O)cc1OCC. The van der Waals surface area contributed by atoms with E-state index in [1.807, 2.05) is 30.9 Å². The number of nitrogens with zero attached hydrogens (tertiary/aromatic N) is 1. The second-order valence-corrected chi connectivity index (χ2v) is 6.06. The van der Waals surface area contributed by atoms with E-state index < -0.39 is 12.0 Å². The van der Waals surface area contributed by atoms with Crippen molar-refractivity contribution in [1.82, 2.24) is 4.90 Å². The molecule has 1 aromatic carbocycles. The van der Waals surface area contributed by atoms with Crippen molar-refractivity contribution in [3.8, 4) is 11.5 Å². The van der Waals surface area contributed by atoms with Gasteiger partial charge in [-0.15, -0.1) is 0 Å². The Morgan fingerprint density at radius 1 is 1.39 bits per heavy atom. The zero-order valence-corrected chi connectivity index (χ0v) is 14.4. The third kappa shape index (κ3) is 4.52. The summed E-state index contributed by atoms with van der Waals surface area (Å²) in [6.07, 6.45) is 2.48. The lowest BCUT2D eigenvalue weighted by molar-refractivity contribution is -0.142. The van der Waals surface area contributed by atoms with Gasteiger partial charge in [-0.05, 0) is 50.4 Å². The van der Waals surface area contributed by atoms with Crippen LogP contribution in [0.5, 0.6) is 11.5 Å². The van der Waals surface area contributed by atoms with Crippen LogP contribution in [0.2, 0.25) is 5.02 Å². The molecule has 1 N–H and O–H groups in total. The number of hydrogen-bond donors (Lipinski definition) is 1. The number of ether oxygens (including phenoxy) is 2. The molecule has 0 bridgehead atoms.